The Bertz CT molecular complexity index is 388. The minimum atomic E-state index is 0.0235. The molecule has 2 nitrogen and oxygen atoms in total. The normalized spacial score (nSPS) is 21.9. The molecule has 1 fully saturated rings. The van der Waals surface area contributed by atoms with E-state index in [1.54, 1.807) is 11.3 Å². The molecule has 0 aliphatic carbocycles. The fraction of sp³-hybridized carbons (Fsp3) is 0.615. The Morgan fingerprint density at radius 3 is 3.00 bits per heavy atom. The fourth-order valence-electron chi connectivity index (χ4n) is 2.27. The molecular formula is C13H18BrNOS. The van der Waals surface area contributed by atoms with Gasteiger partial charge in [0.05, 0.1) is 4.83 Å². The summed E-state index contributed by atoms with van der Waals surface area (Å²) in [5, 5.41) is 2.10. The second-order valence-corrected chi connectivity index (χ2v) is 7.28. The van der Waals surface area contributed by atoms with Gasteiger partial charge in [0.2, 0.25) is 5.91 Å². The Hall–Kier alpha value is -0.350. The molecule has 1 aromatic heterocycles. The van der Waals surface area contributed by atoms with Gasteiger partial charge in [0, 0.05) is 23.4 Å². The molecule has 0 radical (unpaired) electrons. The Balaban J connectivity index is 2.07. The van der Waals surface area contributed by atoms with Crippen molar-refractivity contribution < 1.29 is 4.79 Å². The van der Waals surface area contributed by atoms with Gasteiger partial charge in [0.25, 0.3) is 0 Å². The maximum atomic E-state index is 12.1. The monoisotopic (exact) mass is 315 g/mol. The number of nitrogens with zero attached hydrogens (tertiary/aromatic N) is 1. The molecule has 2 heterocycles. The number of thiophene rings is 1. The molecule has 1 unspecified atom stereocenters. The van der Waals surface area contributed by atoms with Crippen LogP contribution in [0.4, 0.5) is 0 Å². The Kier molecular flexibility index (Phi) is 3.93. The third-order valence-electron chi connectivity index (χ3n) is 3.24. The molecule has 0 bridgehead atoms. The average molecular weight is 316 g/mol. The first-order valence-corrected chi connectivity index (χ1v) is 7.77. The zero-order valence-electron chi connectivity index (χ0n) is 10.3. The van der Waals surface area contributed by atoms with E-state index in [2.05, 4.69) is 47.3 Å². The van der Waals surface area contributed by atoms with Gasteiger partial charge in [-0.1, -0.05) is 35.8 Å². The van der Waals surface area contributed by atoms with Crippen molar-refractivity contribution >= 4 is 33.2 Å². The van der Waals surface area contributed by atoms with Gasteiger partial charge in [-0.15, -0.1) is 11.3 Å². The number of hydrogen-bond acceptors (Lipinski definition) is 2. The summed E-state index contributed by atoms with van der Waals surface area (Å²) in [7, 11) is 0. The van der Waals surface area contributed by atoms with Crippen LogP contribution in [0.1, 0.15) is 31.6 Å². The van der Waals surface area contributed by atoms with Crippen LogP contribution in [0.3, 0.4) is 0 Å². The summed E-state index contributed by atoms with van der Waals surface area (Å²) in [6.45, 7) is 6.14. The van der Waals surface area contributed by atoms with E-state index in [1.165, 1.54) is 4.88 Å². The minimum Gasteiger partial charge on any atom is -0.341 e. The number of carbonyl (C=O) groups is 1. The SMILES string of the molecule is CC(C)(CN1CCCC(Br)C1=O)c1cccs1. The van der Waals surface area contributed by atoms with E-state index in [4.69, 9.17) is 0 Å². The Morgan fingerprint density at radius 1 is 1.59 bits per heavy atom. The molecule has 0 aromatic carbocycles. The van der Waals surface area contributed by atoms with Gasteiger partial charge < -0.3 is 4.90 Å². The summed E-state index contributed by atoms with van der Waals surface area (Å²) in [4.78, 5) is 15.4. The van der Waals surface area contributed by atoms with Gasteiger partial charge >= 0.3 is 0 Å². The fourth-order valence-corrected chi connectivity index (χ4v) is 3.73. The molecular weight excluding hydrogens is 298 g/mol. The van der Waals surface area contributed by atoms with E-state index < -0.39 is 0 Å². The van der Waals surface area contributed by atoms with Gasteiger partial charge in [0.15, 0.2) is 0 Å². The van der Waals surface area contributed by atoms with Gasteiger partial charge in [-0.3, -0.25) is 4.79 Å². The number of amides is 1. The first-order chi connectivity index (χ1) is 8.00. The summed E-state index contributed by atoms with van der Waals surface area (Å²) in [6, 6.07) is 4.23. The molecule has 0 spiro atoms. The lowest BCUT2D eigenvalue weighted by molar-refractivity contribution is -0.133. The van der Waals surface area contributed by atoms with Crippen molar-refractivity contribution in [3.8, 4) is 0 Å². The van der Waals surface area contributed by atoms with Crippen molar-refractivity contribution in [1.29, 1.82) is 0 Å². The maximum Gasteiger partial charge on any atom is 0.236 e. The summed E-state index contributed by atoms with van der Waals surface area (Å²) >= 11 is 5.23. The highest BCUT2D eigenvalue weighted by molar-refractivity contribution is 9.10. The highest BCUT2D eigenvalue weighted by Crippen LogP contribution is 2.30. The van der Waals surface area contributed by atoms with Crippen LogP contribution >= 0.6 is 27.3 Å². The summed E-state index contributed by atoms with van der Waals surface area (Å²) in [5.74, 6) is 0.251. The largest absolute Gasteiger partial charge is 0.341 e. The zero-order chi connectivity index (χ0) is 12.5. The predicted molar refractivity (Wildman–Crippen MR) is 75.9 cm³/mol. The second-order valence-electron chi connectivity index (χ2n) is 5.23. The van der Waals surface area contributed by atoms with E-state index in [1.807, 2.05) is 4.90 Å². The number of likely N-dealkylation sites (tertiary alicyclic amines) is 1. The van der Waals surface area contributed by atoms with Crippen LogP contribution in [0.25, 0.3) is 0 Å². The smallest absolute Gasteiger partial charge is 0.236 e. The Morgan fingerprint density at radius 2 is 2.35 bits per heavy atom. The third kappa shape index (κ3) is 2.91. The van der Waals surface area contributed by atoms with Crippen molar-refractivity contribution in [3.05, 3.63) is 22.4 Å². The van der Waals surface area contributed by atoms with Gasteiger partial charge in [0.1, 0.15) is 0 Å². The summed E-state index contributed by atoms with van der Waals surface area (Å²) in [6.07, 6.45) is 2.07. The summed E-state index contributed by atoms with van der Waals surface area (Å²) in [5.41, 5.74) is 0.0495. The molecule has 94 valence electrons. The first kappa shape index (κ1) is 13.1. The Labute approximate surface area is 115 Å². The van der Waals surface area contributed by atoms with Crippen LogP contribution in [-0.4, -0.2) is 28.7 Å². The van der Waals surface area contributed by atoms with Crippen molar-refractivity contribution in [2.24, 2.45) is 0 Å². The van der Waals surface area contributed by atoms with Crippen LogP contribution in [0, 0.1) is 0 Å². The average Bonchev–Trinajstić information content (AvgIpc) is 2.78. The molecule has 0 saturated carbocycles. The maximum absolute atomic E-state index is 12.1. The molecule has 4 heteroatoms. The number of carbonyl (C=O) groups excluding carboxylic acids is 1. The van der Waals surface area contributed by atoms with Crippen molar-refractivity contribution in [1.82, 2.24) is 4.90 Å². The highest BCUT2D eigenvalue weighted by Gasteiger charge is 2.32. The van der Waals surface area contributed by atoms with Crippen molar-refractivity contribution in [3.63, 3.8) is 0 Å². The first-order valence-electron chi connectivity index (χ1n) is 5.97. The van der Waals surface area contributed by atoms with E-state index in [0.29, 0.717) is 0 Å². The molecule has 17 heavy (non-hydrogen) atoms. The van der Waals surface area contributed by atoms with Crippen LogP contribution in [-0.2, 0) is 10.2 Å². The second kappa shape index (κ2) is 5.11. The number of alkyl halides is 1. The molecule has 0 N–H and O–H groups in total. The van der Waals surface area contributed by atoms with Crippen LogP contribution in [0.15, 0.2) is 17.5 Å². The molecule has 1 aromatic rings. The highest BCUT2D eigenvalue weighted by atomic mass is 79.9. The molecule has 1 amide bonds. The van der Waals surface area contributed by atoms with Crippen LogP contribution in [0.5, 0.6) is 0 Å². The third-order valence-corrected chi connectivity index (χ3v) is 5.32. The lowest BCUT2D eigenvalue weighted by atomic mass is 9.90. The van der Waals surface area contributed by atoms with Crippen molar-refractivity contribution in [2.45, 2.75) is 36.9 Å². The van der Waals surface area contributed by atoms with E-state index in [0.717, 1.165) is 25.9 Å². The molecule has 2 rings (SSSR count). The number of halogens is 1. The van der Waals surface area contributed by atoms with E-state index >= 15 is 0 Å². The molecule has 1 atom stereocenters. The van der Waals surface area contributed by atoms with Gasteiger partial charge in [-0.05, 0) is 24.3 Å². The van der Waals surface area contributed by atoms with E-state index in [9.17, 15) is 4.79 Å². The lowest BCUT2D eigenvalue weighted by Gasteiger charge is -2.36. The molecule has 1 aliphatic heterocycles. The molecule has 1 aliphatic rings. The lowest BCUT2D eigenvalue weighted by Crippen LogP contribution is -2.47. The van der Waals surface area contributed by atoms with E-state index in [-0.39, 0.29) is 16.1 Å². The van der Waals surface area contributed by atoms with Crippen LogP contribution in [0.2, 0.25) is 0 Å². The van der Waals surface area contributed by atoms with Crippen LogP contribution < -0.4 is 0 Å². The number of piperidine rings is 1. The molecule has 1 saturated heterocycles. The topological polar surface area (TPSA) is 20.3 Å². The predicted octanol–water partition coefficient (Wildman–Crippen LogP) is 3.41. The minimum absolute atomic E-state index is 0.0235. The van der Waals surface area contributed by atoms with Gasteiger partial charge in [-0.25, -0.2) is 0 Å². The van der Waals surface area contributed by atoms with Crippen molar-refractivity contribution in [2.75, 3.05) is 13.1 Å². The zero-order valence-corrected chi connectivity index (χ0v) is 12.7. The number of hydrogen-bond donors (Lipinski definition) is 0. The van der Waals surface area contributed by atoms with Gasteiger partial charge in [-0.2, -0.15) is 0 Å². The summed E-state index contributed by atoms with van der Waals surface area (Å²) < 4.78 is 0. The number of rotatable bonds is 3. The quantitative estimate of drug-likeness (QED) is 0.783. The standard InChI is InChI=1S/C13H18BrNOS/c1-13(2,11-6-4-8-17-11)9-15-7-3-5-10(14)12(15)16/h4,6,8,10H,3,5,7,9H2,1-2H3.